The molecule has 1 saturated heterocycles. The highest BCUT2D eigenvalue weighted by atomic mass is 16.3. The van der Waals surface area contributed by atoms with E-state index in [-0.39, 0.29) is 6.10 Å². The lowest BCUT2D eigenvalue weighted by molar-refractivity contribution is 0.154. The monoisotopic (exact) mass is 228 g/mol. The predicted molar refractivity (Wildman–Crippen MR) is 69.2 cm³/mol. The fourth-order valence-corrected chi connectivity index (χ4v) is 2.39. The first-order valence-corrected chi connectivity index (χ1v) is 6.12. The number of anilines is 1. The van der Waals surface area contributed by atoms with Gasteiger partial charge in [-0.3, -0.25) is 0 Å². The van der Waals surface area contributed by atoms with Crippen LogP contribution in [0.15, 0.2) is 36.4 Å². The van der Waals surface area contributed by atoms with Gasteiger partial charge in [-0.1, -0.05) is 18.2 Å². The standard InChI is InChI=1S/C14H16N2O/c17-12-5-3-9-16(10-12)14-8-7-11-4-1-2-6-13(11)15-14/h1-2,4,6-8,12,17H,3,5,9-10H2. The van der Waals surface area contributed by atoms with E-state index in [0.29, 0.717) is 6.54 Å². The number of β-amino-alcohol motifs (C(OH)–C–C–N with tert-alkyl or cyclic N) is 1. The summed E-state index contributed by atoms with van der Waals surface area (Å²) >= 11 is 0. The molecule has 1 N–H and O–H groups in total. The molecule has 1 atom stereocenters. The minimum absolute atomic E-state index is 0.211. The summed E-state index contributed by atoms with van der Waals surface area (Å²) in [5, 5.41) is 10.8. The Morgan fingerprint density at radius 3 is 2.94 bits per heavy atom. The van der Waals surface area contributed by atoms with Crippen LogP contribution in [0.3, 0.4) is 0 Å². The van der Waals surface area contributed by atoms with Crippen LogP contribution in [0, 0.1) is 0 Å². The molecule has 2 aromatic rings. The Hall–Kier alpha value is -1.61. The number of benzene rings is 1. The molecule has 0 radical (unpaired) electrons. The van der Waals surface area contributed by atoms with Gasteiger partial charge in [0.2, 0.25) is 0 Å². The van der Waals surface area contributed by atoms with E-state index in [0.717, 1.165) is 36.1 Å². The zero-order chi connectivity index (χ0) is 11.7. The Kier molecular flexibility index (Phi) is 2.69. The third-order valence-electron chi connectivity index (χ3n) is 3.30. The number of hydrogen-bond acceptors (Lipinski definition) is 3. The summed E-state index contributed by atoms with van der Waals surface area (Å²) in [5.41, 5.74) is 1.02. The largest absolute Gasteiger partial charge is 0.391 e. The van der Waals surface area contributed by atoms with Gasteiger partial charge in [-0.25, -0.2) is 4.98 Å². The van der Waals surface area contributed by atoms with Crippen LogP contribution in [0.4, 0.5) is 5.82 Å². The fourth-order valence-electron chi connectivity index (χ4n) is 2.39. The molecule has 1 unspecified atom stereocenters. The number of aliphatic hydroxyl groups excluding tert-OH is 1. The zero-order valence-electron chi connectivity index (χ0n) is 9.71. The van der Waals surface area contributed by atoms with Gasteiger partial charge in [-0.05, 0) is 31.0 Å². The number of para-hydroxylation sites is 1. The zero-order valence-corrected chi connectivity index (χ0v) is 9.71. The Morgan fingerprint density at radius 2 is 2.06 bits per heavy atom. The molecule has 0 amide bonds. The number of rotatable bonds is 1. The van der Waals surface area contributed by atoms with Crippen molar-refractivity contribution in [2.24, 2.45) is 0 Å². The van der Waals surface area contributed by atoms with E-state index in [9.17, 15) is 5.11 Å². The van der Waals surface area contributed by atoms with E-state index in [1.165, 1.54) is 0 Å². The normalized spacial score (nSPS) is 20.8. The van der Waals surface area contributed by atoms with E-state index < -0.39 is 0 Å². The third kappa shape index (κ3) is 2.11. The van der Waals surface area contributed by atoms with Gasteiger partial charge >= 0.3 is 0 Å². The van der Waals surface area contributed by atoms with Gasteiger partial charge in [0.25, 0.3) is 0 Å². The molecule has 17 heavy (non-hydrogen) atoms. The lowest BCUT2D eigenvalue weighted by Crippen LogP contribution is -2.38. The first-order chi connectivity index (χ1) is 8.33. The van der Waals surface area contributed by atoms with Crippen molar-refractivity contribution in [3.05, 3.63) is 36.4 Å². The molecule has 3 heteroatoms. The molecule has 88 valence electrons. The average Bonchev–Trinajstić information content (AvgIpc) is 2.38. The number of piperidine rings is 1. The maximum absolute atomic E-state index is 9.68. The van der Waals surface area contributed by atoms with Crippen molar-refractivity contribution >= 4 is 16.7 Å². The number of pyridine rings is 1. The Labute approximate surface area is 101 Å². The van der Waals surface area contributed by atoms with Crippen molar-refractivity contribution in [1.82, 2.24) is 4.98 Å². The van der Waals surface area contributed by atoms with Crippen LogP contribution >= 0.6 is 0 Å². The highest BCUT2D eigenvalue weighted by molar-refractivity contribution is 5.80. The average molecular weight is 228 g/mol. The second-order valence-electron chi connectivity index (χ2n) is 4.60. The van der Waals surface area contributed by atoms with Crippen LogP contribution in [0.1, 0.15) is 12.8 Å². The summed E-state index contributed by atoms with van der Waals surface area (Å²) in [5.74, 6) is 0.974. The first-order valence-electron chi connectivity index (χ1n) is 6.12. The van der Waals surface area contributed by atoms with Crippen molar-refractivity contribution < 1.29 is 5.11 Å². The predicted octanol–water partition coefficient (Wildman–Crippen LogP) is 2.20. The molecule has 1 aromatic carbocycles. The van der Waals surface area contributed by atoms with Crippen LogP contribution in [0.2, 0.25) is 0 Å². The van der Waals surface area contributed by atoms with E-state index in [2.05, 4.69) is 22.0 Å². The summed E-state index contributed by atoms with van der Waals surface area (Å²) in [6.45, 7) is 1.69. The SMILES string of the molecule is OC1CCCN(c2ccc3ccccc3n2)C1. The van der Waals surface area contributed by atoms with Gasteiger partial charge in [0, 0.05) is 18.5 Å². The van der Waals surface area contributed by atoms with Crippen LogP contribution in [0.25, 0.3) is 10.9 Å². The number of aromatic nitrogens is 1. The van der Waals surface area contributed by atoms with E-state index in [4.69, 9.17) is 0 Å². The molecule has 1 fully saturated rings. The highest BCUT2D eigenvalue weighted by Crippen LogP contribution is 2.21. The van der Waals surface area contributed by atoms with Crippen molar-refractivity contribution in [3.8, 4) is 0 Å². The maximum atomic E-state index is 9.68. The van der Waals surface area contributed by atoms with Gasteiger partial charge in [0.15, 0.2) is 0 Å². The number of fused-ring (bicyclic) bond motifs is 1. The van der Waals surface area contributed by atoms with E-state index in [1.807, 2.05) is 24.3 Å². The third-order valence-corrected chi connectivity index (χ3v) is 3.30. The second kappa shape index (κ2) is 4.34. The smallest absolute Gasteiger partial charge is 0.129 e. The molecule has 0 saturated carbocycles. The first kappa shape index (κ1) is 10.5. The fraction of sp³-hybridized carbons (Fsp3) is 0.357. The van der Waals surface area contributed by atoms with Crippen LogP contribution in [0.5, 0.6) is 0 Å². The number of aliphatic hydroxyl groups is 1. The summed E-state index contributed by atoms with van der Waals surface area (Å²) in [4.78, 5) is 6.82. The minimum atomic E-state index is -0.211. The maximum Gasteiger partial charge on any atom is 0.129 e. The van der Waals surface area contributed by atoms with Crippen molar-refractivity contribution in [3.63, 3.8) is 0 Å². The Morgan fingerprint density at radius 1 is 1.18 bits per heavy atom. The van der Waals surface area contributed by atoms with Gasteiger partial charge in [0.05, 0.1) is 11.6 Å². The topological polar surface area (TPSA) is 36.4 Å². The molecule has 1 aromatic heterocycles. The van der Waals surface area contributed by atoms with Gasteiger partial charge < -0.3 is 10.0 Å². The second-order valence-corrected chi connectivity index (χ2v) is 4.60. The highest BCUT2D eigenvalue weighted by Gasteiger charge is 2.18. The van der Waals surface area contributed by atoms with Gasteiger partial charge in [0.1, 0.15) is 5.82 Å². The van der Waals surface area contributed by atoms with Crippen molar-refractivity contribution in [1.29, 1.82) is 0 Å². The molecular formula is C14H16N2O. The van der Waals surface area contributed by atoms with E-state index >= 15 is 0 Å². The van der Waals surface area contributed by atoms with Crippen LogP contribution in [-0.2, 0) is 0 Å². The van der Waals surface area contributed by atoms with Gasteiger partial charge in [-0.2, -0.15) is 0 Å². The van der Waals surface area contributed by atoms with Gasteiger partial charge in [-0.15, -0.1) is 0 Å². The van der Waals surface area contributed by atoms with Crippen molar-refractivity contribution in [2.45, 2.75) is 18.9 Å². The molecule has 3 rings (SSSR count). The minimum Gasteiger partial charge on any atom is -0.391 e. The molecule has 1 aliphatic rings. The lowest BCUT2D eigenvalue weighted by atomic mass is 10.1. The lowest BCUT2D eigenvalue weighted by Gasteiger charge is -2.31. The van der Waals surface area contributed by atoms with Crippen LogP contribution in [-0.4, -0.2) is 29.3 Å². The molecule has 3 nitrogen and oxygen atoms in total. The Balaban J connectivity index is 1.94. The summed E-state index contributed by atoms with van der Waals surface area (Å²) < 4.78 is 0. The summed E-state index contributed by atoms with van der Waals surface area (Å²) in [6, 6.07) is 12.3. The molecular weight excluding hydrogens is 212 g/mol. The quantitative estimate of drug-likeness (QED) is 0.813. The van der Waals surface area contributed by atoms with Crippen molar-refractivity contribution in [2.75, 3.05) is 18.0 Å². The molecule has 0 spiro atoms. The molecule has 0 bridgehead atoms. The molecule has 1 aliphatic heterocycles. The number of nitrogens with zero attached hydrogens (tertiary/aromatic N) is 2. The molecule has 0 aliphatic carbocycles. The molecule has 2 heterocycles. The van der Waals surface area contributed by atoms with E-state index in [1.54, 1.807) is 0 Å². The summed E-state index contributed by atoms with van der Waals surface area (Å²) in [6.07, 6.45) is 1.73. The van der Waals surface area contributed by atoms with Crippen LogP contribution < -0.4 is 4.90 Å². The summed E-state index contributed by atoms with van der Waals surface area (Å²) in [7, 11) is 0. The Bertz CT molecular complexity index is 526. The number of hydrogen-bond donors (Lipinski definition) is 1.